The van der Waals surface area contributed by atoms with E-state index in [-0.39, 0.29) is 12.4 Å². The fourth-order valence-corrected chi connectivity index (χ4v) is 5.47. The topological polar surface area (TPSA) is 51.5 Å². The summed E-state index contributed by atoms with van der Waals surface area (Å²) in [6.45, 7) is 3.63. The maximum Gasteiger partial charge on any atom is 0.268 e. The van der Waals surface area contributed by atoms with E-state index in [1.54, 1.807) is 23.2 Å². The third-order valence-corrected chi connectivity index (χ3v) is 7.05. The molecule has 2 aromatic carbocycles. The number of aromatic nitrogens is 1. The van der Waals surface area contributed by atoms with Gasteiger partial charge in [0.2, 0.25) is 0 Å². The summed E-state index contributed by atoms with van der Waals surface area (Å²) in [6, 6.07) is 12.7. The average molecular weight is 421 g/mol. The largest absolute Gasteiger partial charge is 0.497 e. The van der Waals surface area contributed by atoms with Gasteiger partial charge in [0.25, 0.3) is 10.0 Å². The lowest BCUT2D eigenvalue weighted by molar-refractivity contribution is 0.333. The normalized spacial score (nSPS) is 15.0. The van der Waals surface area contributed by atoms with E-state index < -0.39 is 10.0 Å². The number of halogens is 1. The van der Waals surface area contributed by atoms with Gasteiger partial charge in [-0.1, -0.05) is 17.7 Å². The van der Waals surface area contributed by atoms with Crippen LogP contribution in [0.3, 0.4) is 0 Å². The molecule has 1 aliphatic rings. The SMILES string of the molecule is COc1ccc2c(c1)c1c(n2S(=O)(=O)c2ccc(C)cc2)CCCN(C)C1.Cl. The molecule has 0 radical (unpaired) electrons. The first-order chi connectivity index (χ1) is 12.9. The van der Waals surface area contributed by atoms with Crippen LogP contribution in [0.15, 0.2) is 47.4 Å². The standard InChI is InChI=1S/C21H24N2O3S.ClH/c1-15-6-9-17(10-7-15)27(24,25)23-20-5-4-12-22(2)14-19(20)18-13-16(26-3)8-11-21(18)23;/h6-11,13H,4-5,12,14H2,1-3H3;1H. The van der Waals surface area contributed by atoms with E-state index in [2.05, 4.69) is 11.9 Å². The maximum atomic E-state index is 13.6. The lowest BCUT2D eigenvalue weighted by atomic mass is 10.1. The molecule has 0 saturated heterocycles. The molecular weight excluding hydrogens is 396 g/mol. The molecule has 4 rings (SSSR count). The number of rotatable bonds is 3. The van der Waals surface area contributed by atoms with Crippen LogP contribution >= 0.6 is 12.4 Å². The summed E-state index contributed by atoms with van der Waals surface area (Å²) in [5.41, 5.74) is 3.73. The number of aryl methyl sites for hydroxylation is 1. The van der Waals surface area contributed by atoms with Crippen LogP contribution in [-0.2, 0) is 23.0 Å². The molecule has 1 aromatic heterocycles. The van der Waals surface area contributed by atoms with Crippen molar-refractivity contribution < 1.29 is 13.2 Å². The zero-order valence-corrected chi connectivity index (χ0v) is 17.9. The molecule has 5 nitrogen and oxygen atoms in total. The second-order valence-corrected chi connectivity index (χ2v) is 9.02. The summed E-state index contributed by atoms with van der Waals surface area (Å²) in [7, 11) is 0.0309. The van der Waals surface area contributed by atoms with Crippen LogP contribution in [0.2, 0.25) is 0 Å². The molecule has 28 heavy (non-hydrogen) atoms. The van der Waals surface area contributed by atoms with Crippen molar-refractivity contribution in [3.05, 3.63) is 59.3 Å². The Hall–Kier alpha value is -2.02. The Balaban J connectivity index is 0.00000225. The van der Waals surface area contributed by atoms with E-state index >= 15 is 0 Å². The van der Waals surface area contributed by atoms with Crippen LogP contribution in [0.25, 0.3) is 10.9 Å². The van der Waals surface area contributed by atoms with Crippen molar-refractivity contribution in [3.8, 4) is 5.75 Å². The first-order valence-corrected chi connectivity index (χ1v) is 10.6. The number of hydrogen-bond donors (Lipinski definition) is 0. The fourth-order valence-electron chi connectivity index (χ4n) is 3.87. The Morgan fingerprint density at radius 2 is 1.79 bits per heavy atom. The highest BCUT2D eigenvalue weighted by Gasteiger charge is 2.28. The number of ether oxygens (including phenoxy) is 1. The number of benzene rings is 2. The Morgan fingerprint density at radius 1 is 1.07 bits per heavy atom. The molecule has 0 unspecified atom stereocenters. The van der Waals surface area contributed by atoms with Crippen molar-refractivity contribution in [2.45, 2.75) is 31.2 Å². The summed E-state index contributed by atoms with van der Waals surface area (Å²) >= 11 is 0. The van der Waals surface area contributed by atoms with Gasteiger partial charge in [-0.25, -0.2) is 12.4 Å². The second kappa shape index (κ2) is 7.78. The first kappa shape index (κ1) is 20.7. The predicted octanol–water partition coefficient (Wildman–Crippen LogP) is 4.00. The van der Waals surface area contributed by atoms with Crippen molar-refractivity contribution in [3.63, 3.8) is 0 Å². The second-order valence-electron chi connectivity index (χ2n) is 7.23. The lowest BCUT2D eigenvalue weighted by Crippen LogP contribution is -2.17. The van der Waals surface area contributed by atoms with E-state index in [4.69, 9.17) is 4.74 Å². The molecule has 2 heterocycles. The van der Waals surface area contributed by atoms with Crippen molar-refractivity contribution in [2.24, 2.45) is 0 Å². The number of methoxy groups -OCH3 is 1. The third-order valence-electron chi connectivity index (χ3n) is 5.28. The lowest BCUT2D eigenvalue weighted by Gasteiger charge is -2.13. The fraction of sp³-hybridized carbons (Fsp3) is 0.333. The molecular formula is C21H25ClN2O3S. The predicted molar refractivity (Wildman–Crippen MR) is 114 cm³/mol. The third kappa shape index (κ3) is 3.41. The molecule has 3 aromatic rings. The minimum absolute atomic E-state index is 0. The van der Waals surface area contributed by atoms with Crippen LogP contribution in [0.4, 0.5) is 0 Å². The zero-order chi connectivity index (χ0) is 19.2. The molecule has 0 atom stereocenters. The van der Waals surface area contributed by atoms with Gasteiger partial charge in [-0.05, 0) is 69.3 Å². The molecule has 0 amide bonds. The van der Waals surface area contributed by atoms with E-state index in [9.17, 15) is 8.42 Å². The molecule has 0 saturated carbocycles. The summed E-state index contributed by atoms with van der Waals surface area (Å²) in [5, 5.41) is 0.953. The van der Waals surface area contributed by atoms with Gasteiger partial charge in [-0.3, -0.25) is 0 Å². The van der Waals surface area contributed by atoms with Crippen LogP contribution in [0, 0.1) is 6.92 Å². The van der Waals surface area contributed by atoms with E-state index in [1.807, 2.05) is 37.3 Å². The van der Waals surface area contributed by atoms with E-state index in [0.717, 1.165) is 59.4 Å². The van der Waals surface area contributed by atoms with Crippen molar-refractivity contribution >= 4 is 33.3 Å². The van der Waals surface area contributed by atoms with Crippen molar-refractivity contribution in [1.82, 2.24) is 8.87 Å². The monoisotopic (exact) mass is 420 g/mol. The van der Waals surface area contributed by atoms with Crippen molar-refractivity contribution in [2.75, 3.05) is 20.7 Å². The first-order valence-electron chi connectivity index (χ1n) is 9.13. The molecule has 0 N–H and O–H groups in total. The van der Waals surface area contributed by atoms with Gasteiger partial charge in [-0.15, -0.1) is 12.4 Å². The average Bonchev–Trinajstić information content (AvgIpc) is 2.82. The van der Waals surface area contributed by atoms with Crippen LogP contribution in [0.1, 0.15) is 23.2 Å². The Labute approximate surface area is 172 Å². The summed E-state index contributed by atoms with van der Waals surface area (Å²) in [5.74, 6) is 0.738. The van der Waals surface area contributed by atoms with Crippen LogP contribution < -0.4 is 4.74 Å². The van der Waals surface area contributed by atoms with Crippen LogP contribution in [0.5, 0.6) is 5.75 Å². The smallest absolute Gasteiger partial charge is 0.268 e. The molecule has 0 bridgehead atoms. The Bertz CT molecular complexity index is 1100. The molecule has 150 valence electrons. The summed E-state index contributed by atoms with van der Waals surface area (Å²) in [6.07, 6.45) is 1.67. The quantitative estimate of drug-likeness (QED) is 0.642. The van der Waals surface area contributed by atoms with Gasteiger partial charge in [0.1, 0.15) is 5.75 Å². The highest BCUT2D eigenvalue weighted by Crippen LogP contribution is 2.35. The molecule has 0 spiro atoms. The van der Waals surface area contributed by atoms with Crippen molar-refractivity contribution in [1.29, 1.82) is 0 Å². The minimum atomic E-state index is -3.68. The van der Waals surface area contributed by atoms with Gasteiger partial charge in [0.15, 0.2) is 0 Å². The van der Waals surface area contributed by atoms with Crippen LogP contribution in [-0.4, -0.2) is 38.0 Å². The molecule has 7 heteroatoms. The molecule has 0 fully saturated rings. The highest BCUT2D eigenvalue weighted by molar-refractivity contribution is 7.90. The van der Waals surface area contributed by atoms with Gasteiger partial charge >= 0.3 is 0 Å². The highest BCUT2D eigenvalue weighted by atomic mass is 35.5. The maximum absolute atomic E-state index is 13.6. The number of hydrogen-bond acceptors (Lipinski definition) is 4. The minimum Gasteiger partial charge on any atom is -0.497 e. The van der Waals surface area contributed by atoms with Gasteiger partial charge < -0.3 is 9.64 Å². The van der Waals surface area contributed by atoms with E-state index in [0.29, 0.717) is 4.90 Å². The Morgan fingerprint density at radius 3 is 2.46 bits per heavy atom. The summed E-state index contributed by atoms with van der Waals surface area (Å²) < 4.78 is 34.1. The van der Waals surface area contributed by atoms with E-state index in [1.165, 1.54) is 0 Å². The summed E-state index contributed by atoms with van der Waals surface area (Å²) in [4.78, 5) is 2.56. The molecule has 0 aliphatic carbocycles. The molecule has 1 aliphatic heterocycles. The van der Waals surface area contributed by atoms with Gasteiger partial charge in [0.05, 0.1) is 17.5 Å². The Kier molecular flexibility index (Phi) is 5.75. The number of fused-ring (bicyclic) bond motifs is 3. The van der Waals surface area contributed by atoms with Gasteiger partial charge in [0, 0.05) is 17.6 Å². The zero-order valence-electron chi connectivity index (χ0n) is 16.3. The number of nitrogens with zero attached hydrogens (tertiary/aromatic N) is 2. The van der Waals surface area contributed by atoms with Gasteiger partial charge in [-0.2, -0.15) is 0 Å².